The Bertz CT molecular complexity index is 1000. The summed E-state index contributed by atoms with van der Waals surface area (Å²) in [5.41, 5.74) is 6.35. The fourth-order valence-electron chi connectivity index (χ4n) is 3.98. The van der Waals surface area contributed by atoms with Crippen molar-refractivity contribution >= 4 is 16.9 Å². The van der Waals surface area contributed by atoms with Crippen molar-refractivity contribution in [2.75, 3.05) is 13.7 Å². The first kappa shape index (κ1) is 18.7. The number of aryl methyl sites for hydroxylation is 3. The summed E-state index contributed by atoms with van der Waals surface area (Å²) < 4.78 is 12.8. The monoisotopic (exact) mass is 381 g/mol. The van der Waals surface area contributed by atoms with Crippen LogP contribution in [0, 0.1) is 13.8 Å². The SMILES string of the molecule is COCCn1cc2c(n1)C(NC(=O)Cc1coc3c(C)c(C)ccc13)CCC2. The molecule has 1 aliphatic rings. The first-order valence-corrected chi connectivity index (χ1v) is 9.87. The van der Waals surface area contributed by atoms with Gasteiger partial charge >= 0.3 is 0 Å². The molecule has 1 unspecified atom stereocenters. The lowest BCUT2D eigenvalue weighted by atomic mass is 9.93. The average Bonchev–Trinajstić information content (AvgIpc) is 3.28. The third kappa shape index (κ3) is 3.56. The zero-order chi connectivity index (χ0) is 19.7. The molecule has 0 spiro atoms. The molecule has 0 radical (unpaired) electrons. The number of rotatable bonds is 6. The third-order valence-corrected chi connectivity index (χ3v) is 5.69. The second kappa shape index (κ2) is 7.80. The minimum absolute atomic E-state index is 0.00483. The molecule has 4 rings (SSSR count). The van der Waals surface area contributed by atoms with Crippen molar-refractivity contribution in [1.29, 1.82) is 0 Å². The van der Waals surface area contributed by atoms with Gasteiger partial charge in [0.25, 0.3) is 0 Å². The van der Waals surface area contributed by atoms with Crippen molar-refractivity contribution in [3.8, 4) is 0 Å². The quantitative estimate of drug-likeness (QED) is 0.708. The molecule has 28 heavy (non-hydrogen) atoms. The largest absolute Gasteiger partial charge is 0.464 e. The molecule has 2 heterocycles. The predicted molar refractivity (Wildman–Crippen MR) is 107 cm³/mol. The van der Waals surface area contributed by atoms with Gasteiger partial charge in [0.15, 0.2) is 0 Å². The van der Waals surface area contributed by atoms with Gasteiger partial charge in [0.2, 0.25) is 5.91 Å². The molecule has 0 bridgehead atoms. The standard InChI is InChI=1S/C22H27N3O3/c1-14-7-8-18-17(13-28-22(18)15(14)2)11-20(26)23-19-6-4-5-16-12-25(9-10-27-3)24-21(16)19/h7-8,12-13,19H,4-6,9-11H2,1-3H3,(H,23,26). The molecule has 1 atom stereocenters. The van der Waals surface area contributed by atoms with Crippen LogP contribution in [0.25, 0.3) is 11.0 Å². The Labute approximate surface area is 164 Å². The van der Waals surface area contributed by atoms with Crippen molar-refractivity contribution in [3.05, 3.63) is 52.5 Å². The first-order valence-electron chi connectivity index (χ1n) is 9.87. The number of hydrogen-bond acceptors (Lipinski definition) is 4. The lowest BCUT2D eigenvalue weighted by molar-refractivity contribution is -0.121. The molecule has 6 nitrogen and oxygen atoms in total. The summed E-state index contributed by atoms with van der Waals surface area (Å²) >= 11 is 0. The van der Waals surface area contributed by atoms with Gasteiger partial charge in [-0.1, -0.05) is 12.1 Å². The number of carbonyl (C=O) groups excluding carboxylic acids is 1. The molecular formula is C22H27N3O3. The molecule has 1 amide bonds. The van der Waals surface area contributed by atoms with Crippen LogP contribution < -0.4 is 5.32 Å². The number of benzene rings is 1. The molecule has 1 aromatic carbocycles. The van der Waals surface area contributed by atoms with Gasteiger partial charge in [-0.15, -0.1) is 0 Å². The number of ether oxygens (including phenoxy) is 1. The van der Waals surface area contributed by atoms with E-state index < -0.39 is 0 Å². The number of furan rings is 1. The Kier molecular flexibility index (Phi) is 5.22. The molecule has 0 saturated carbocycles. The maximum absolute atomic E-state index is 12.8. The van der Waals surface area contributed by atoms with Crippen LogP contribution in [0.1, 0.15) is 46.8 Å². The predicted octanol–water partition coefficient (Wildman–Crippen LogP) is 3.63. The summed E-state index contributed by atoms with van der Waals surface area (Å²) in [6, 6.07) is 4.09. The average molecular weight is 381 g/mol. The van der Waals surface area contributed by atoms with Crippen LogP contribution in [0.3, 0.4) is 0 Å². The maximum Gasteiger partial charge on any atom is 0.225 e. The maximum atomic E-state index is 12.8. The van der Waals surface area contributed by atoms with Crippen molar-refractivity contribution < 1.29 is 13.9 Å². The zero-order valence-electron chi connectivity index (χ0n) is 16.7. The summed E-state index contributed by atoms with van der Waals surface area (Å²) in [5, 5.41) is 8.90. The van der Waals surface area contributed by atoms with Gasteiger partial charge in [-0.25, -0.2) is 0 Å². The molecule has 1 N–H and O–H groups in total. The van der Waals surface area contributed by atoms with Crippen LogP contribution in [0.15, 0.2) is 29.0 Å². The Balaban J connectivity index is 1.48. The van der Waals surface area contributed by atoms with E-state index >= 15 is 0 Å². The Morgan fingerprint density at radius 1 is 1.39 bits per heavy atom. The topological polar surface area (TPSA) is 69.3 Å². The number of hydrogen-bond donors (Lipinski definition) is 1. The number of nitrogens with one attached hydrogen (secondary N) is 1. The van der Waals surface area contributed by atoms with Gasteiger partial charge in [-0.3, -0.25) is 9.48 Å². The van der Waals surface area contributed by atoms with Gasteiger partial charge in [-0.2, -0.15) is 5.10 Å². The van der Waals surface area contributed by atoms with Gasteiger partial charge in [0.05, 0.1) is 37.6 Å². The van der Waals surface area contributed by atoms with Crippen LogP contribution >= 0.6 is 0 Å². The molecule has 1 aliphatic carbocycles. The highest BCUT2D eigenvalue weighted by atomic mass is 16.5. The summed E-state index contributed by atoms with van der Waals surface area (Å²) in [5.74, 6) is 0.00483. The molecule has 0 saturated heterocycles. The number of amides is 1. The first-order chi connectivity index (χ1) is 13.6. The van der Waals surface area contributed by atoms with E-state index in [1.807, 2.05) is 10.7 Å². The number of fused-ring (bicyclic) bond motifs is 2. The molecule has 3 aromatic rings. The fourth-order valence-corrected chi connectivity index (χ4v) is 3.98. The van der Waals surface area contributed by atoms with E-state index in [1.165, 1.54) is 11.1 Å². The third-order valence-electron chi connectivity index (χ3n) is 5.69. The Morgan fingerprint density at radius 2 is 2.25 bits per heavy atom. The van der Waals surface area contributed by atoms with Gasteiger partial charge in [0.1, 0.15) is 5.58 Å². The lowest BCUT2D eigenvalue weighted by Gasteiger charge is -2.22. The summed E-state index contributed by atoms with van der Waals surface area (Å²) in [7, 11) is 1.69. The molecule has 6 heteroatoms. The van der Waals surface area contributed by atoms with E-state index in [0.29, 0.717) is 13.0 Å². The van der Waals surface area contributed by atoms with E-state index in [1.54, 1.807) is 13.4 Å². The molecular weight excluding hydrogens is 354 g/mol. The van der Waals surface area contributed by atoms with Crippen LogP contribution in [-0.2, 0) is 28.9 Å². The minimum Gasteiger partial charge on any atom is -0.464 e. The van der Waals surface area contributed by atoms with Crippen LogP contribution in [0.2, 0.25) is 0 Å². The number of methoxy groups -OCH3 is 1. The highest BCUT2D eigenvalue weighted by Gasteiger charge is 2.25. The minimum atomic E-state index is -0.0257. The highest BCUT2D eigenvalue weighted by Crippen LogP contribution is 2.30. The van der Waals surface area contributed by atoms with Crippen LogP contribution in [0.4, 0.5) is 0 Å². The Hall–Kier alpha value is -2.60. The van der Waals surface area contributed by atoms with Gasteiger partial charge < -0.3 is 14.5 Å². The van der Waals surface area contributed by atoms with Crippen molar-refractivity contribution in [3.63, 3.8) is 0 Å². The van der Waals surface area contributed by atoms with E-state index in [0.717, 1.165) is 53.6 Å². The van der Waals surface area contributed by atoms with Crippen LogP contribution in [0.5, 0.6) is 0 Å². The molecule has 0 fully saturated rings. The normalized spacial score (nSPS) is 16.3. The smallest absolute Gasteiger partial charge is 0.225 e. The van der Waals surface area contributed by atoms with Crippen LogP contribution in [-0.4, -0.2) is 29.4 Å². The molecule has 148 valence electrons. The van der Waals surface area contributed by atoms with Crippen molar-refractivity contribution in [2.24, 2.45) is 0 Å². The van der Waals surface area contributed by atoms with Gasteiger partial charge in [-0.05, 0) is 49.8 Å². The zero-order valence-corrected chi connectivity index (χ0v) is 16.7. The lowest BCUT2D eigenvalue weighted by Crippen LogP contribution is -2.32. The van der Waals surface area contributed by atoms with Crippen molar-refractivity contribution in [2.45, 2.75) is 52.1 Å². The van der Waals surface area contributed by atoms with E-state index in [-0.39, 0.29) is 11.9 Å². The summed E-state index contributed by atoms with van der Waals surface area (Å²) in [4.78, 5) is 12.8. The Morgan fingerprint density at radius 3 is 3.07 bits per heavy atom. The summed E-state index contributed by atoms with van der Waals surface area (Å²) in [6.45, 7) is 5.47. The van der Waals surface area contributed by atoms with E-state index in [4.69, 9.17) is 14.3 Å². The highest BCUT2D eigenvalue weighted by molar-refractivity contribution is 5.89. The number of carbonyl (C=O) groups is 1. The van der Waals surface area contributed by atoms with Gasteiger partial charge in [0, 0.05) is 24.3 Å². The summed E-state index contributed by atoms with van der Waals surface area (Å²) in [6.07, 6.45) is 7.10. The van der Waals surface area contributed by atoms with E-state index in [9.17, 15) is 4.79 Å². The second-order valence-electron chi connectivity index (χ2n) is 7.63. The molecule has 2 aromatic heterocycles. The fraction of sp³-hybridized carbons (Fsp3) is 0.455. The number of aromatic nitrogens is 2. The second-order valence-corrected chi connectivity index (χ2v) is 7.63. The molecule has 0 aliphatic heterocycles. The number of nitrogens with zero attached hydrogens (tertiary/aromatic N) is 2. The van der Waals surface area contributed by atoms with E-state index in [2.05, 4.69) is 31.4 Å². The van der Waals surface area contributed by atoms with Crippen molar-refractivity contribution in [1.82, 2.24) is 15.1 Å².